The van der Waals surface area contributed by atoms with E-state index in [2.05, 4.69) is 10.3 Å². The number of thiazole rings is 1. The molecule has 0 radical (unpaired) electrons. The largest absolute Gasteiger partial charge is 0.396 e. The molecule has 2 N–H and O–H groups in total. The van der Waals surface area contributed by atoms with Crippen LogP contribution in [0.5, 0.6) is 0 Å². The lowest BCUT2D eigenvalue weighted by atomic mass is 10.0. The summed E-state index contributed by atoms with van der Waals surface area (Å²) in [5, 5.41) is 24.3. The smallest absolute Gasteiger partial charge is 0.280 e. The Labute approximate surface area is 172 Å². The Hall–Kier alpha value is -3.10. The average molecular weight is 411 g/mol. The van der Waals surface area contributed by atoms with Crippen LogP contribution in [0.3, 0.4) is 0 Å². The summed E-state index contributed by atoms with van der Waals surface area (Å²) >= 11 is 1.18. The van der Waals surface area contributed by atoms with E-state index in [1.807, 2.05) is 38.1 Å². The predicted molar refractivity (Wildman–Crippen MR) is 113 cm³/mol. The number of anilines is 2. The Morgan fingerprint density at radius 2 is 1.93 bits per heavy atom. The van der Waals surface area contributed by atoms with Crippen molar-refractivity contribution in [2.24, 2.45) is 0 Å². The summed E-state index contributed by atoms with van der Waals surface area (Å²) in [5.41, 5.74) is 2.28. The molecule has 0 aliphatic rings. The van der Waals surface area contributed by atoms with E-state index in [1.165, 1.54) is 29.5 Å². The molecule has 0 aliphatic carbocycles. The Balaban J connectivity index is 1.88. The molecule has 150 valence electrons. The molecule has 29 heavy (non-hydrogen) atoms. The van der Waals surface area contributed by atoms with Crippen LogP contribution in [0.15, 0.2) is 48.5 Å². The quantitative estimate of drug-likeness (QED) is 0.317. The molecular formula is C21H21N3O4S. The fourth-order valence-electron chi connectivity index (χ4n) is 2.89. The fourth-order valence-corrected chi connectivity index (χ4v) is 3.92. The molecule has 1 atom stereocenters. The summed E-state index contributed by atoms with van der Waals surface area (Å²) < 4.78 is 0. The number of nitro benzene ring substituents is 1. The predicted octanol–water partition coefficient (Wildman–Crippen LogP) is 4.68. The van der Waals surface area contributed by atoms with Crippen LogP contribution in [0.1, 0.15) is 46.3 Å². The minimum atomic E-state index is -0.548. The minimum Gasteiger partial charge on any atom is -0.396 e. The summed E-state index contributed by atoms with van der Waals surface area (Å²) in [5.74, 6) is -0.340. The summed E-state index contributed by atoms with van der Waals surface area (Å²) in [6.45, 7) is 3.91. The lowest BCUT2D eigenvalue weighted by Gasteiger charge is -2.09. The number of aromatic nitrogens is 1. The number of aliphatic hydroxyl groups excluding tert-OH is 1. The van der Waals surface area contributed by atoms with Crippen molar-refractivity contribution in [1.29, 1.82) is 0 Å². The first-order valence-electron chi connectivity index (χ1n) is 9.20. The Morgan fingerprint density at radius 3 is 2.55 bits per heavy atom. The number of para-hydroxylation sites is 1. The van der Waals surface area contributed by atoms with Crippen molar-refractivity contribution in [1.82, 2.24) is 4.98 Å². The van der Waals surface area contributed by atoms with E-state index >= 15 is 0 Å². The second-order valence-electron chi connectivity index (χ2n) is 6.58. The molecule has 1 unspecified atom stereocenters. The number of carbonyl (C=O) groups excluding carboxylic acids is 1. The van der Waals surface area contributed by atoms with Gasteiger partial charge in [-0.1, -0.05) is 49.4 Å². The van der Waals surface area contributed by atoms with Gasteiger partial charge < -0.3 is 10.4 Å². The van der Waals surface area contributed by atoms with E-state index in [0.717, 1.165) is 11.3 Å². The van der Waals surface area contributed by atoms with Gasteiger partial charge >= 0.3 is 0 Å². The first-order chi connectivity index (χ1) is 13.9. The third-order valence-corrected chi connectivity index (χ3v) is 5.60. The molecule has 8 heteroatoms. The number of nitro groups is 1. The second kappa shape index (κ2) is 8.93. The lowest BCUT2D eigenvalue weighted by molar-refractivity contribution is -0.385. The minimum absolute atomic E-state index is 0.0569. The SMILES string of the molecule is CCc1nc(Nc2ccc(C(C)CO)cc2)sc1C(=O)c1ccccc1[N+](=O)[O-]. The number of benzene rings is 2. The topological polar surface area (TPSA) is 105 Å². The molecule has 0 aliphatic heterocycles. The third kappa shape index (κ3) is 4.49. The zero-order chi connectivity index (χ0) is 21.0. The number of hydrogen-bond donors (Lipinski definition) is 2. The zero-order valence-electron chi connectivity index (χ0n) is 16.1. The van der Waals surface area contributed by atoms with Crippen molar-refractivity contribution in [2.45, 2.75) is 26.2 Å². The monoisotopic (exact) mass is 411 g/mol. The lowest BCUT2D eigenvalue weighted by Crippen LogP contribution is -2.06. The maximum absolute atomic E-state index is 13.0. The molecule has 0 spiro atoms. The fraction of sp³-hybridized carbons (Fsp3) is 0.238. The van der Waals surface area contributed by atoms with Crippen LogP contribution in [0.4, 0.5) is 16.5 Å². The molecule has 0 fully saturated rings. The van der Waals surface area contributed by atoms with Gasteiger partial charge in [0.2, 0.25) is 5.78 Å². The van der Waals surface area contributed by atoms with Crippen molar-refractivity contribution in [3.05, 3.63) is 80.3 Å². The van der Waals surface area contributed by atoms with E-state index in [9.17, 15) is 20.0 Å². The molecule has 1 aromatic heterocycles. The van der Waals surface area contributed by atoms with Crippen molar-refractivity contribution in [3.8, 4) is 0 Å². The van der Waals surface area contributed by atoms with Gasteiger partial charge in [-0.05, 0) is 30.2 Å². The molecule has 3 rings (SSSR count). The van der Waals surface area contributed by atoms with Crippen LogP contribution in [0.2, 0.25) is 0 Å². The number of rotatable bonds is 8. The first-order valence-corrected chi connectivity index (χ1v) is 10.0. The molecule has 7 nitrogen and oxygen atoms in total. The van der Waals surface area contributed by atoms with Gasteiger partial charge in [-0.15, -0.1) is 0 Å². The van der Waals surface area contributed by atoms with Crippen molar-refractivity contribution in [2.75, 3.05) is 11.9 Å². The Morgan fingerprint density at radius 1 is 1.24 bits per heavy atom. The van der Waals surface area contributed by atoms with E-state index in [-0.39, 0.29) is 23.8 Å². The van der Waals surface area contributed by atoms with Gasteiger partial charge in [-0.3, -0.25) is 14.9 Å². The van der Waals surface area contributed by atoms with Crippen LogP contribution in [-0.4, -0.2) is 27.4 Å². The number of carbonyl (C=O) groups is 1. The van der Waals surface area contributed by atoms with Gasteiger partial charge in [0.05, 0.1) is 10.6 Å². The highest BCUT2D eigenvalue weighted by Gasteiger charge is 2.25. The van der Waals surface area contributed by atoms with Crippen LogP contribution < -0.4 is 5.32 Å². The van der Waals surface area contributed by atoms with Gasteiger partial charge in [0.15, 0.2) is 5.13 Å². The Kier molecular flexibility index (Phi) is 6.36. The molecule has 0 bridgehead atoms. The number of hydrogen-bond acceptors (Lipinski definition) is 7. The van der Waals surface area contributed by atoms with Gasteiger partial charge in [0.25, 0.3) is 5.69 Å². The van der Waals surface area contributed by atoms with E-state index in [0.29, 0.717) is 22.1 Å². The highest BCUT2D eigenvalue weighted by Crippen LogP contribution is 2.31. The number of nitrogens with one attached hydrogen (secondary N) is 1. The number of ketones is 1. The number of nitrogens with zero attached hydrogens (tertiary/aromatic N) is 2. The number of aliphatic hydroxyl groups is 1. The van der Waals surface area contributed by atoms with Gasteiger partial charge in [0, 0.05) is 24.3 Å². The summed E-state index contributed by atoms with van der Waals surface area (Å²) in [4.78, 5) is 28.6. The molecule has 2 aromatic carbocycles. The van der Waals surface area contributed by atoms with E-state index < -0.39 is 10.7 Å². The first kappa shape index (κ1) is 20.6. The molecule has 0 saturated carbocycles. The van der Waals surface area contributed by atoms with Gasteiger partial charge in [-0.25, -0.2) is 4.98 Å². The Bertz CT molecular complexity index is 1030. The molecule has 0 saturated heterocycles. The maximum atomic E-state index is 13.0. The summed E-state index contributed by atoms with van der Waals surface area (Å²) in [6.07, 6.45) is 0.535. The summed E-state index contributed by atoms with van der Waals surface area (Å²) in [7, 11) is 0. The van der Waals surface area contributed by atoms with Crippen LogP contribution in [0.25, 0.3) is 0 Å². The van der Waals surface area contributed by atoms with Crippen LogP contribution in [-0.2, 0) is 6.42 Å². The molecule has 1 heterocycles. The standard InChI is InChI=1S/C21H21N3O4S/c1-3-17-20(19(26)16-6-4-5-7-18(16)24(27)28)29-21(23-17)22-15-10-8-14(9-11-15)13(2)12-25/h4-11,13,25H,3,12H2,1-2H3,(H,22,23). The van der Waals surface area contributed by atoms with Gasteiger partial charge in [0.1, 0.15) is 10.4 Å². The van der Waals surface area contributed by atoms with E-state index in [1.54, 1.807) is 6.07 Å². The molecular weight excluding hydrogens is 390 g/mol. The summed E-state index contributed by atoms with van der Waals surface area (Å²) in [6, 6.07) is 13.6. The van der Waals surface area contributed by atoms with Crippen molar-refractivity contribution < 1.29 is 14.8 Å². The highest BCUT2D eigenvalue weighted by molar-refractivity contribution is 7.17. The zero-order valence-corrected chi connectivity index (χ0v) is 16.9. The normalized spacial score (nSPS) is 11.8. The maximum Gasteiger partial charge on any atom is 0.280 e. The van der Waals surface area contributed by atoms with E-state index in [4.69, 9.17) is 0 Å². The third-order valence-electron chi connectivity index (χ3n) is 4.59. The average Bonchev–Trinajstić information content (AvgIpc) is 3.15. The van der Waals surface area contributed by atoms with Crippen molar-refractivity contribution >= 4 is 33.6 Å². The van der Waals surface area contributed by atoms with Gasteiger partial charge in [-0.2, -0.15) is 0 Å². The number of aryl methyl sites for hydroxylation is 1. The second-order valence-corrected chi connectivity index (χ2v) is 7.58. The molecule has 0 amide bonds. The van der Waals surface area contributed by atoms with Crippen LogP contribution >= 0.6 is 11.3 Å². The van der Waals surface area contributed by atoms with Crippen molar-refractivity contribution in [3.63, 3.8) is 0 Å². The molecule has 3 aromatic rings. The highest BCUT2D eigenvalue weighted by atomic mass is 32.1. The van der Waals surface area contributed by atoms with Crippen LogP contribution in [0, 0.1) is 10.1 Å².